The van der Waals surface area contributed by atoms with Crippen molar-refractivity contribution in [3.63, 3.8) is 0 Å². The van der Waals surface area contributed by atoms with Crippen LogP contribution < -0.4 is 4.74 Å². The third-order valence-electron chi connectivity index (χ3n) is 3.15. The first-order valence-electron chi connectivity index (χ1n) is 6.69. The number of nitriles is 1. The Morgan fingerprint density at radius 1 is 1.43 bits per heavy atom. The van der Waals surface area contributed by atoms with Gasteiger partial charge in [-0.25, -0.2) is 9.78 Å². The van der Waals surface area contributed by atoms with Gasteiger partial charge in [-0.05, 0) is 25.1 Å². The highest BCUT2D eigenvalue weighted by Crippen LogP contribution is 2.21. The molecule has 0 unspecified atom stereocenters. The minimum atomic E-state index is -1.04. The van der Waals surface area contributed by atoms with Crippen LogP contribution in [-0.2, 0) is 6.61 Å². The monoisotopic (exact) mass is 309 g/mol. The number of hydrogen-bond donors (Lipinski definition) is 1. The van der Waals surface area contributed by atoms with E-state index in [9.17, 15) is 4.79 Å². The van der Waals surface area contributed by atoms with Crippen molar-refractivity contribution in [3.8, 4) is 11.8 Å². The Balaban J connectivity index is 1.84. The second-order valence-corrected chi connectivity index (χ2v) is 4.82. The maximum atomic E-state index is 10.9. The molecular weight excluding hydrogens is 298 g/mol. The van der Waals surface area contributed by atoms with Crippen LogP contribution in [0.2, 0.25) is 0 Å². The molecule has 0 saturated carbocycles. The van der Waals surface area contributed by atoms with Crippen LogP contribution in [0.1, 0.15) is 27.5 Å². The van der Waals surface area contributed by atoms with E-state index < -0.39 is 5.97 Å². The molecule has 23 heavy (non-hydrogen) atoms. The molecule has 114 valence electrons. The van der Waals surface area contributed by atoms with E-state index in [4.69, 9.17) is 19.5 Å². The van der Waals surface area contributed by atoms with Crippen LogP contribution in [0.4, 0.5) is 0 Å². The van der Waals surface area contributed by atoms with Gasteiger partial charge in [0.1, 0.15) is 22.9 Å². The van der Waals surface area contributed by atoms with Crippen LogP contribution in [0.25, 0.3) is 11.1 Å². The number of fused-ring (bicyclic) bond motifs is 1. The van der Waals surface area contributed by atoms with Crippen molar-refractivity contribution in [3.05, 3.63) is 53.2 Å². The number of aromatic nitrogens is 2. The zero-order chi connectivity index (χ0) is 16.4. The van der Waals surface area contributed by atoms with E-state index in [1.807, 2.05) is 6.07 Å². The molecule has 1 aromatic carbocycles. The molecule has 0 atom stereocenters. The summed E-state index contributed by atoms with van der Waals surface area (Å²) in [4.78, 5) is 19.2. The van der Waals surface area contributed by atoms with Gasteiger partial charge >= 0.3 is 5.97 Å². The normalized spacial score (nSPS) is 10.4. The lowest BCUT2D eigenvalue weighted by Gasteiger charge is -2.05. The fourth-order valence-electron chi connectivity index (χ4n) is 2.04. The number of aryl methyl sites for hydroxylation is 1. The summed E-state index contributed by atoms with van der Waals surface area (Å²) in [6.45, 7) is 1.82. The van der Waals surface area contributed by atoms with Crippen molar-refractivity contribution in [1.29, 1.82) is 5.26 Å². The molecule has 7 heteroatoms. The van der Waals surface area contributed by atoms with E-state index in [-0.39, 0.29) is 12.2 Å². The Labute approximate surface area is 130 Å². The topological polar surface area (TPSA) is 109 Å². The smallest absolute Gasteiger partial charge is 0.335 e. The van der Waals surface area contributed by atoms with Crippen molar-refractivity contribution >= 4 is 17.1 Å². The summed E-state index contributed by atoms with van der Waals surface area (Å²) < 4.78 is 11.1. The Morgan fingerprint density at radius 2 is 2.26 bits per heavy atom. The SMILES string of the molecule is Cc1cc(OCc2nc3ccc(C(=O)O)cc3o2)c(C#N)cn1. The van der Waals surface area contributed by atoms with Crippen LogP contribution in [0.3, 0.4) is 0 Å². The number of rotatable bonds is 4. The standard InChI is InChI=1S/C16H11N3O4/c1-9-4-13(11(6-17)7-18-9)22-8-15-19-12-3-2-10(16(20)21)5-14(12)23-15/h2-5,7H,8H2,1H3,(H,20,21). The van der Waals surface area contributed by atoms with Crippen LogP contribution in [0, 0.1) is 18.3 Å². The first-order valence-corrected chi connectivity index (χ1v) is 6.69. The largest absolute Gasteiger partial charge is 0.482 e. The summed E-state index contributed by atoms with van der Waals surface area (Å²) in [5.41, 5.74) is 2.08. The highest BCUT2D eigenvalue weighted by atomic mass is 16.5. The number of pyridine rings is 1. The molecule has 0 radical (unpaired) electrons. The number of carboxylic acid groups (broad SMARTS) is 1. The molecular formula is C16H11N3O4. The van der Waals surface area contributed by atoms with Gasteiger partial charge in [0.2, 0.25) is 5.89 Å². The predicted molar refractivity (Wildman–Crippen MR) is 79.0 cm³/mol. The van der Waals surface area contributed by atoms with E-state index in [1.165, 1.54) is 18.3 Å². The van der Waals surface area contributed by atoms with Gasteiger partial charge in [-0.1, -0.05) is 0 Å². The van der Waals surface area contributed by atoms with Gasteiger partial charge in [-0.15, -0.1) is 0 Å². The highest BCUT2D eigenvalue weighted by Gasteiger charge is 2.11. The maximum absolute atomic E-state index is 10.9. The Morgan fingerprint density at radius 3 is 3.00 bits per heavy atom. The summed E-state index contributed by atoms with van der Waals surface area (Å²) >= 11 is 0. The molecule has 2 aromatic heterocycles. The molecule has 0 aliphatic heterocycles. The number of ether oxygens (including phenoxy) is 1. The molecule has 0 amide bonds. The van der Waals surface area contributed by atoms with Gasteiger partial charge in [-0.3, -0.25) is 4.98 Å². The number of oxazole rings is 1. The molecule has 0 fully saturated rings. The predicted octanol–water partition coefficient (Wildman–Crippen LogP) is 2.68. The van der Waals surface area contributed by atoms with Crippen molar-refractivity contribution in [2.75, 3.05) is 0 Å². The molecule has 7 nitrogen and oxygen atoms in total. The summed E-state index contributed by atoms with van der Waals surface area (Å²) in [6.07, 6.45) is 1.44. The van der Waals surface area contributed by atoms with Crippen molar-refractivity contribution < 1.29 is 19.1 Å². The summed E-state index contributed by atoms with van der Waals surface area (Å²) in [5.74, 6) is -0.346. The lowest BCUT2D eigenvalue weighted by molar-refractivity contribution is 0.0697. The van der Waals surface area contributed by atoms with E-state index in [0.29, 0.717) is 28.3 Å². The van der Waals surface area contributed by atoms with Crippen LogP contribution >= 0.6 is 0 Å². The zero-order valence-corrected chi connectivity index (χ0v) is 12.1. The van der Waals surface area contributed by atoms with E-state index in [1.54, 1.807) is 19.1 Å². The van der Waals surface area contributed by atoms with Crippen LogP contribution in [0.15, 0.2) is 34.9 Å². The van der Waals surface area contributed by atoms with Crippen LogP contribution in [0.5, 0.6) is 5.75 Å². The second-order valence-electron chi connectivity index (χ2n) is 4.82. The molecule has 0 aliphatic rings. The maximum Gasteiger partial charge on any atom is 0.335 e. The molecule has 1 N–H and O–H groups in total. The van der Waals surface area contributed by atoms with Gasteiger partial charge in [0.25, 0.3) is 0 Å². The molecule has 2 heterocycles. The summed E-state index contributed by atoms with van der Waals surface area (Å²) in [6, 6.07) is 8.10. The number of carbonyl (C=O) groups is 1. The van der Waals surface area contributed by atoms with Gasteiger partial charge in [0, 0.05) is 18.0 Å². The Hall–Kier alpha value is -3.40. The third kappa shape index (κ3) is 2.96. The highest BCUT2D eigenvalue weighted by molar-refractivity contribution is 5.91. The Bertz CT molecular complexity index is 940. The average Bonchev–Trinajstić information content (AvgIpc) is 2.94. The number of nitrogens with zero attached hydrogens (tertiary/aromatic N) is 3. The van der Waals surface area contributed by atoms with Crippen LogP contribution in [-0.4, -0.2) is 21.0 Å². The lowest BCUT2D eigenvalue weighted by atomic mass is 10.2. The lowest BCUT2D eigenvalue weighted by Crippen LogP contribution is -1.98. The number of hydrogen-bond acceptors (Lipinski definition) is 6. The molecule has 0 spiro atoms. The zero-order valence-electron chi connectivity index (χ0n) is 12.1. The molecule has 3 rings (SSSR count). The number of carboxylic acids is 1. The summed E-state index contributed by atoms with van der Waals surface area (Å²) in [7, 11) is 0. The van der Waals surface area contributed by atoms with Gasteiger partial charge in [0.15, 0.2) is 12.2 Å². The minimum Gasteiger partial charge on any atom is -0.482 e. The fourth-order valence-corrected chi connectivity index (χ4v) is 2.04. The minimum absolute atomic E-state index is 0.0230. The van der Waals surface area contributed by atoms with Crippen molar-refractivity contribution in [2.45, 2.75) is 13.5 Å². The molecule has 0 saturated heterocycles. The van der Waals surface area contributed by atoms with Crippen molar-refractivity contribution in [1.82, 2.24) is 9.97 Å². The molecule has 0 aliphatic carbocycles. The Kier molecular flexibility index (Phi) is 3.65. The van der Waals surface area contributed by atoms with Gasteiger partial charge < -0.3 is 14.3 Å². The van der Waals surface area contributed by atoms with E-state index in [0.717, 1.165) is 5.69 Å². The molecule has 3 aromatic rings. The summed E-state index contributed by atoms with van der Waals surface area (Å²) in [5, 5.41) is 18.0. The van der Waals surface area contributed by atoms with Gasteiger partial charge in [-0.2, -0.15) is 5.26 Å². The second kappa shape index (κ2) is 5.77. The third-order valence-corrected chi connectivity index (χ3v) is 3.15. The van der Waals surface area contributed by atoms with Gasteiger partial charge in [0.05, 0.1) is 5.56 Å². The molecule has 0 bridgehead atoms. The first-order chi connectivity index (χ1) is 11.1. The fraction of sp³-hybridized carbons (Fsp3) is 0.125. The quantitative estimate of drug-likeness (QED) is 0.788. The van der Waals surface area contributed by atoms with Crippen molar-refractivity contribution in [2.24, 2.45) is 0 Å². The van der Waals surface area contributed by atoms with E-state index in [2.05, 4.69) is 9.97 Å². The number of aromatic carboxylic acids is 1. The van der Waals surface area contributed by atoms with E-state index >= 15 is 0 Å². The number of benzene rings is 1. The average molecular weight is 309 g/mol. The first kappa shape index (κ1) is 14.5.